The smallest absolute Gasteiger partial charge is 0.333 e. The van der Waals surface area contributed by atoms with Crippen LogP contribution in [0.15, 0.2) is 50.1 Å². The average molecular weight is 298 g/mol. The molecule has 0 aliphatic heterocycles. The topological polar surface area (TPSA) is 89.9 Å². The minimum Gasteiger partial charge on any atom is -0.478 e. The Bertz CT molecular complexity index is 382. The molecule has 0 rings (SSSR count). The van der Waals surface area contributed by atoms with E-state index in [4.69, 9.17) is 5.11 Å². The van der Waals surface area contributed by atoms with E-state index in [0.29, 0.717) is 5.57 Å². The molecule has 0 heterocycles. The lowest BCUT2D eigenvalue weighted by atomic mass is 10.4. The number of ether oxygens (including phenoxy) is 2. The number of aliphatic carboxylic acids is 1. The summed E-state index contributed by atoms with van der Waals surface area (Å²) < 4.78 is 9.00. The number of esters is 2. The molecule has 0 amide bonds. The van der Waals surface area contributed by atoms with Crippen molar-refractivity contribution in [3.05, 3.63) is 50.1 Å². The molecule has 21 heavy (non-hydrogen) atoms. The molecule has 0 atom stereocenters. The van der Waals surface area contributed by atoms with Crippen molar-refractivity contribution in [2.45, 2.75) is 13.8 Å². The molecule has 6 nitrogen and oxygen atoms in total. The second-order valence-corrected chi connectivity index (χ2v) is 3.09. The molecule has 0 aromatic rings. The van der Waals surface area contributed by atoms with E-state index >= 15 is 0 Å². The Morgan fingerprint density at radius 2 is 1.67 bits per heavy atom. The van der Waals surface area contributed by atoms with Crippen LogP contribution in [0.4, 0.5) is 0 Å². The minimum absolute atomic E-state index is 0.253. The molecule has 0 spiro atoms. The summed E-state index contributed by atoms with van der Waals surface area (Å²) in [5.74, 6) is -2.16. The van der Waals surface area contributed by atoms with Gasteiger partial charge in [-0.25, -0.2) is 14.4 Å². The Kier molecular flexibility index (Phi) is 19.4. The van der Waals surface area contributed by atoms with E-state index in [1.54, 1.807) is 13.8 Å². The number of hydrogen-bond acceptors (Lipinski definition) is 5. The van der Waals surface area contributed by atoms with Crippen molar-refractivity contribution in [3.8, 4) is 0 Å². The molecule has 0 aliphatic rings. The molecule has 0 fully saturated rings. The Morgan fingerprint density at radius 3 is 2.00 bits per heavy atom. The molecule has 1 N–H and O–H groups in total. The van der Waals surface area contributed by atoms with Gasteiger partial charge in [0.1, 0.15) is 6.61 Å². The van der Waals surface area contributed by atoms with E-state index in [2.05, 4.69) is 35.8 Å². The number of hydrogen-bond donors (Lipinski definition) is 1. The Hall–Kier alpha value is -2.63. The van der Waals surface area contributed by atoms with Gasteiger partial charge in [0.05, 0.1) is 6.61 Å². The molecule has 0 saturated carbocycles. The molecular formula is C15H22O6. The summed E-state index contributed by atoms with van der Waals surface area (Å²) in [6, 6.07) is 0. The van der Waals surface area contributed by atoms with Gasteiger partial charge in [-0.05, 0) is 13.8 Å². The van der Waals surface area contributed by atoms with Gasteiger partial charge in [0.15, 0.2) is 0 Å². The molecule has 118 valence electrons. The quantitative estimate of drug-likeness (QED) is 0.459. The van der Waals surface area contributed by atoms with Gasteiger partial charge in [-0.15, -0.1) is 13.2 Å². The van der Waals surface area contributed by atoms with Gasteiger partial charge in [-0.1, -0.05) is 19.2 Å². The van der Waals surface area contributed by atoms with Crippen LogP contribution in [-0.4, -0.2) is 36.2 Å². The number of rotatable bonds is 6. The molecule has 0 aromatic heterocycles. The predicted octanol–water partition coefficient (Wildman–Crippen LogP) is 2.28. The molecule has 0 bridgehead atoms. The molecule has 0 aromatic carbocycles. The van der Waals surface area contributed by atoms with Crippen molar-refractivity contribution in [3.63, 3.8) is 0 Å². The van der Waals surface area contributed by atoms with Crippen LogP contribution in [0.3, 0.4) is 0 Å². The van der Waals surface area contributed by atoms with Crippen LogP contribution in [0.2, 0.25) is 0 Å². The number of carboxylic acids is 1. The first-order valence-corrected chi connectivity index (χ1v) is 5.86. The van der Waals surface area contributed by atoms with Crippen LogP contribution in [-0.2, 0) is 23.9 Å². The van der Waals surface area contributed by atoms with Crippen molar-refractivity contribution >= 4 is 17.9 Å². The van der Waals surface area contributed by atoms with E-state index in [9.17, 15) is 14.4 Å². The molecule has 0 aliphatic carbocycles. The zero-order chi connectivity index (χ0) is 17.3. The molecule has 0 unspecified atom stereocenters. The fourth-order valence-corrected chi connectivity index (χ4v) is 0.588. The maximum absolute atomic E-state index is 10.5. The largest absolute Gasteiger partial charge is 0.478 e. The monoisotopic (exact) mass is 298 g/mol. The standard InChI is InChI=1S/C7H10O2.C6H8O4.C2H4/c1-4-5-9-7(8)6(2)3;1-2-10-6(9)4-3-5(7)8;1-2/h4H,1-2,5H2,3H3;3-4H,2H2,1H3,(H,7,8);1-2H2. The summed E-state index contributed by atoms with van der Waals surface area (Å²) in [5.41, 5.74) is 0.414. The summed E-state index contributed by atoms with van der Waals surface area (Å²) >= 11 is 0. The Balaban J connectivity index is -0.000000277. The predicted molar refractivity (Wildman–Crippen MR) is 80.6 cm³/mol. The van der Waals surface area contributed by atoms with Crippen LogP contribution in [0, 0.1) is 0 Å². The number of carbonyl (C=O) groups is 3. The fraction of sp³-hybridized carbons (Fsp3) is 0.267. The minimum atomic E-state index is -1.16. The second kappa shape index (κ2) is 17.4. The van der Waals surface area contributed by atoms with E-state index in [1.165, 1.54) is 6.08 Å². The molecule has 0 saturated heterocycles. The highest BCUT2D eigenvalue weighted by Crippen LogP contribution is 1.90. The second-order valence-electron chi connectivity index (χ2n) is 3.09. The van der Waals surface area contributed by atoms with Crippen LogP contribution in [0.1, 0.15) is 13.8 Å². The van der Waals surface area contributed by atoms with Crippen molar-refractivity contribution in [1.29, 1.82) is 0 Å². The summed E-state index contributed by atoms with van der Waals surface area (Å²) in [6.45, 7) is 16.5. The van der Waals surface area contributed by atoms with Crippen LogP contribution in [0.25, 0.3) is 0 Å². The maximum atomic E-state index is 10.5. The van der Waals surface area contributed by atoms with E-state index in [0.717, 1.165) is 12.2 Å². The SMILES string of the molecule is C=C.C=CCOC(=O)C(=C)C.CCOC(=O)C=CC(=O)O. The van der Waals surface area contributed by atoms with Crippen LogP contribution >= 0.6 is 0 Å². The van der Waals surface area contributed by atoms with Gasteiger partial charge in [0.2, 0.25) is 0 Å². The molecule has 0 radical (unpaired) electrons. The van der Waals surface area contributed by atoms with Crippen molar-refractivity contribution in [2.75, 3.05) is 13.2 Å². The fourth-order valence-electron chi connectivity index (χ4n) is 0.588. The van der Waals surface area contributed by atoms with E-state index in [1.807, 2.05) is 0 Å². The van der Waals surface area contributed by atoms with Crippen LogP contribution < -0.4 is 0 Å². The first kappa shape index (κ1) is 23.5. The highest BCUT2D eigenvalue weighted by atomic mass is 16.5. The lowest BCUT2D eigenvalue weighted by Crippen LogP contribution is -2.03. The lowest BCUT2D eigenvalue weighted by Gasteiger charge is -1.97. The summed E-state index contributed by atoms with van der Waals surface area (Å²) in [7, 11) is 0. The normalized spacial score (nSPS) is 8.29. The lowest BCUT2D eigenvalue weighted by molar-refractivity contribution is -0.138. The third-order valence-corrected chi connectivity index (χ3v) is 1.33. The van der Waals surface area contributed by atoms with Gasteiger partial charge in [0.25, 0.3) is 0 Å². The highest BCUT2D eigenvalue weighted by Gasteiger charge is 1.98. The van der Waals surface area contributed by atoms with Gasteiger partial charge in [-0.2, -0.15) is 0 Å². The molecular weight excluding hydrogens is 276 g/mol. The van der Waals surface area contributed by atoms with Gasteiger partial charge in [-0.3, -0.25) is 0 Å². The maximum Gasteiger partial charge on any atom is 0.333 e. The van der Waals surface area contributed by atoms with Gasteiger partial charge in [0, 0.05) is 17.7 Å². The first-order chi connectivity index (χ1) is 9.84. The first-order valence-electron chi connectivity index (χ1n) is 5.86. The van der Waals surface area contributed by atoms with Crippen molar-refractivity contribution in [2.24, 2.45) is 0 Å². The summed E-state index contributed by atoms with van der Waals surface area (Å²) in [5, 5.41) is 8.04. The molecule has 6 heteroatoms. The third-order valence-electron chi connectivity index (χ3n) is 1.33. The number of carboxylic acid groups (broad SMARTS) is 1. The van der Waals surface area contributed by atoms with Gasteiger partial charge >= 0.3 is 17.9 Å². The third kappa shape index (κ3) is 23.0. The Morgan fingerprint density at radius 1 is 1.14 bits per heavy atom. The highest BCUT2D eigenvalue weighted by molar-refractivity contribution is 5.90. The number of carbonyl (C=O) groups excluding carboxylic acids is 2. The van der Waals surface area contributed by atoms with E-state index in [-0.39, 0.29) is 19.2 Å². The average Bonchev–Trinajstić information content (AvgIpc) is 2.45. The summed E-state index contributed by atoms with van der Waals surface area (Å²) in [6.07, 6.45) is 3.12. The van der Waals surface area contributed by atoms with Crippen LogP contribution in [0.5, 0.6) is 0 Å². The van der Waals surface area contributed by atoms with Gasteiger partial charge < -0.3 is 14.6 Å². The zero-order valence-corrected chi connectivity index (χ0v) is 12.5. The Labute approximate surface area is 125 Å². The van der Waals surface area contributed by atoms with Crippen molar-refractivity contribution < 1.29 is 29.0 Å². The summed E-state index contributed by atoms with van der Waals surface area (Å²) in [4.78, 5) is 30.7. The van der Waals surface area contributed by atoms with E-state index < -0.39 is 11.9 Å². The zero-order valence-electron chi connectivity index (χ0n) is 12.5. The van der Waals surface area contributed by atoms with Crippen molar-refractivity contribution in [1.82, 2.24) is 0 Å².